The summed E-state index contributed by atoms with van der Waals surface area (Å²) in [5.41, 5.74) is 4.19. The number of carbonyl (C=O) groups is 2. The molecule has 198 valence electrons. The van der Waals surface area contributed by atoms with E-state index in [1.54, 1.807) is 31.4 Å². The van der Waals surface area contributed by atoms with Crippen molar-refractivity contribution in [3.63, 3.8) is 0 Å². The van der Waals surface area contributed by atoms with Crippen LogP contribution in [0.25, 0.3) is 5.76 Å². The van der Waals surface area contributed by atoms with Crippen molar-refractivity contribution in [3.8, 4) is 11.5 Å². The lowest BCUT2D eigenvalue weighted by Crippen LogP contribution is -2.30. The lowest BCUT2D eigenvalue weighted by atomic mass is 9.84. The molecule has 0 radical (unpaired) electrons. The Hall–Kier alpha value is -4.06. The molecule has 1 amide bonds. The Morgan fingerprint density at radius 3 is 2.39 bits per heavy atom. The Bertz CT molecular complexity index is 1430. The molecule has 6 heteroatoms. The second-order valence-corrected chi connectivity index (χ2v) is 10.6. The molecule has 3 aromatic rings. The molecule has 0 bridgehead atoms. The zero-order valence-corrected chi connectivity index (χ0v) is 23.1. The highest BCUT2D eigenvalue weighted by Crippen LogP contribution is 2.44. The van der Waals surface area contributed by atoms with Gasteiger partial charge in [-0.05, 0) is 79.3 Å². The number of aliphatic hydroxyl groups is 1. The summed E-state index contributed by atoms with van der Waals surface area (Å²) >= 11 is 0. The van der Waals surface area contributed by atoms with Gasteiger partial charge in [-0.15, -0.1) is 0 Å². The smallest absolute Gasteiger partial charge is 0.300 e. The van der Waals surface area contributed by atoms with Gasteiger partial charge in [-0.1, -0.05) is 45.0 Å². The molecule has 1 unspecified atom stereocenters. The maximum Gasteiger partial charge on any atom is 0.300 e. The third-order valence-electron chi connectivity index (χ3n) is 6.84. The number of aliphatic hydroxyl groups excluding tert-OH is 1. The number of rotatable bonds is 6. The summed E-state index contributed by atoms with van der Waals surface area (Å²) in [4.78, 5) is 28.7. The van der Waals surface area contributed by atoms with E-state index in [4.69, 9.17) is 9.47 Å². The second-order valence-electron chi connectivity index (χ2n) is 10.6. The normalized spacial score (nSPS) is 17.1. The molecule has 38 heavy (non-hydrogen) atoms. The van der Waals surface area contributed by atoms with E-state index in [1.807, 2.05) is 57.2 Å². The number of nitrogens with zero attached hydrogens (tertiary/aromatic N) is 1. The van der Waals surface area contributed by atoms with Crippen molar-refractivity contribution in [1.29, 1.82) is 0 Å². The van der Waals surface area contributed by atoms with Gasteiger partial charge in [-0.3, -0.25) is 14.5 Å². The van der Waals surface area contributed by atoms with Crippen LogP contribution >= 0.6 is 0 Å². The molecule has 1 fully saturated rings. The highest BCUT2D eigenvalue weighted by atomic mass is 16.5. The second kappa shape index (κ2) is 10.4. The summed E-state index contributed by atoms with van der Waals surface area (Å²) in [5.74, 6) is -0.336. The molecular formula is C32H35NO5. The number of ketones is 1. The monoisotopic (exact) mass is 513 g/mol. The van der Waals surface area contributed by atoms with Gasteiger partial charge >= 0.3 is 0 Å². The summed E-state index contributed by atoms with van der Waals surface area (Å²) < 4.78 is 11.3. The fraction of sp³-hybridized carbons (Fsp3) is 0.312. The zero-order valence-electron chi connectivity index (χ0n) is 23.1. The highest BCUT2D eigenvalue weighted by molar-refractivity contribution is 6.51. The van der Waals surface area contributed by atoms with E-state index in [-0.39, 0.29) is 16.7 Å². The van der Waals surface area contributed by atoms with Crippen molar-refractivity contribution >= 4 is 23.1 Å². The molecule has 1 aliphatic rings. The van der Waals surface area contributed by atoms with Crippen molar-refractivity contribution in [2.75, 3.05) is 18.6 Å². The van der Waals surface area contributed by atoms with Crippen LogP contribution in [0.5, 0.6) is 11.5 Å². The first-order valence-electron chi connectivity index (χ1n) is 12.8. The number of Topliss-reactive ketones (excluding diaryl/α,β-unsaturated/α-hetero) is 1. The van der Waals surface area contributed by atoms with E-state index in [9.17, 15) is 14.7 Å². The average Bonchev–Trinajstić information content (AvgIpc) is 3.15. The van der Waals surface area contributed by atoms with Crippen molar-refractivity contribution in [2.45, 2.75) is 53.0 Å². The molecule has 4 rings (SSSR count). The van der Waals surface area contributed by atoms with Crippen LogP contribution in [0.1, 0.15) is 61.6 Å². The Balaban J connectivity index is 1.99. The molecule has 0 aromatic heterocycles. The van der Waals surface area contributed by atoms with Gasteiger partial charge in [0.05, 0.1) is 25.3 Å². The third kappa shape index (κ3) is 4.91. The summed E-state index contributed by atoms with van der Waals surface area (Å²) in [5, 5.41) is 11.7. The number of ether oxygens (including phenoxy) is 2. The molecule has 1 saturated heterocycles. The number of benzene rings is 3. The quantitative estimate of drug-likeness (QED) is 0.227. The number of amides is 1. The number of hydrogen-bond acceptors (Lipinski definition) is 5. The van der Waals surface area contributed by atoms with Crippen LogP contribution in [0, 0.1) is 13.8 Å². The molecule has 0 saturated carbocycles. The van der Waals surface area contributed by atoms with Crippen LogP contribution in [-0.2, 0) is 15.0 Å². The number of hydrogen-bond donors (Lipinski definition) is 1. The average molecular weight is 514 g/mol. The zero-order chi connectivity index (χ0) is 27.8. The van der Waals surface area contributed by atoms with Crippen LogP contribution in [0.15, 0.2) is 66.2 Å². The van der Waals surface area contributed by atoms with Crippen LogP contribution in [-0.4, -0.2) is 30.5 Å². The number of methoxy groups -OCH3 is 1. The molecule has 6 nitrogen and oxygen atoms in total. The van der Waals surface area contributed by atoms with Crippen molar-refractivity contribution in [3.05, 3.63) is 94.1 Å². The molecule has 0 aliphatic carbocycles. The first-order chi connectivity index (χ1) is 18.0. The van der Waals surface area contributed by atoms with E-state index in [1.165, 1.54) is 4.90 Å². The predicted octanol–water partition coefficient (Wildman–Crippen LogP) is 6.63. The standard InChI is InChI=1S/C32H35NO5/c1-8-38-26-15-14-22(18-24(26)32(4,5)6)29(34)27-28(21-10-9-11-23(17-21)37-7)33(31(36)30(27)35)25-16-19(2)12-13-20(25)3/h9-18,28,34H,8H2,1-7H3/b29-27-. The minimum atomic E-state index is -0.838. The van der Waals surface area contributed by atoms with E-state index >= 15 is 0 Å². The van der Waals surface area contributed by atoms with Gasteiger partial charge in [0.15, 0.2) is 0 Å². The van der Waals surface area contributed by atoms with Gasteiger partial charge < -0.3 is 14.6 Å². The summed E-state index contributed by atoms with van der Waals surface area (Å²) in [6, 6.07) is 17.6. The van der Waals surface area contributed by atoms with Gasteiger partial charge in [-0.2, -0.15) is 0 Å². The number of anilines is 1. The molecular weight excluding hydrogens is 478 g/mol. The van der Waals surface area contributed by atoms with Crippen molar-refractivity contribution in [1.82, 2.24) is 0 Å². The molecule has 1 N–H and O–H groups in total. The predicted molar refractivity (Wildman–Crippen MR) is 150 cm³/mol. The summed E-state index contributed by atoms with van der Waals surface area (Å²) in [6.07, 6.45) is 0. The number of carbonyl (C=O) groups excluding carboxylic acids is 2. The lowest BCUT2D eigenvalue weighted by molar-refractivity contribution is -0.132. The van der Waals surface area contributed by atoms with Crippen LogP contribution < -0.4 is 14.4 Å². The maximum absolute atomic E-state index is 13.6. The third-order valence-corrected chi connectivity index (χ3v) is 6.84. The minimum Gasteiger partial charge on any atom is -0.507 e. The number of aryl methyl sites for hydroxylation is 2. The largest absolute Gasteiger partial charge is 0.507 e. The van der Waals surface area contributed by atoms with Crippen LogP contribution in [0.3, 0.4) is 0 Å². The van der Waals surface area contributed by atoms with E-state index in [0.29, 0.717) is 29.2 Å². The van der Waals surface area contributed by atoms with Crippen molar-refractivity contribution in [2.24, 2.45) is 0 Å². The fourth-order valence-corrected chi connectivity index (χ4v) is 4.89. The van der Waals surface area contributed by atoms with Gasteiger partial charge in [0.25, 0.3) is 11.7 Å². The SMILES string of the molecule is CCOc1ccc(/C(O)=C2/C(=O)C(=O)N(c3cc(C)ccc3C)C2c2cccc(OC)c2)cc1C(C)(C)C. The fourth-order valence-electron chi connectivity index (χ4n) is 4.89. The Kier molecular flexibility index (Phi) is 7.36. The Morgan fingerprint density at radius 2 is 1.74 bits per heavy atom. The highest BCUT2D eigenvalue weighted by Gasteiger charge is 2.47. The van der Waals surface area contributed by atoms with Gasteiger partial charge in [0.2, 0.25) is 0 Å². The van der Waals surface area contributed by atoms with Crippen molar-refractivity contribution < 1.29 is 24.2 Å². The summed E-state index contributed by atoms with van der Waals surface area (Å²) in [6.45, 7) is 12.4. The maximum atomic E-state index is 13.6. The van der Waals surface area contributed by atoms with Gasteiger partial charge in [-0.25, -0.2) is 0 Å². The Labute approximate surface area is 224 Å². The molecule has 0 spiro atoms. The van der Waals surface area contributed by atoms with Gasteiger partial charge in [0.1, 0.15) is 17.3 Å². The van der Waals surface area contributed by atoms with Crippen LogP contribution in [0.2, 0.25) is 0 Å². The molecule has 1 atom stereocenters. The van der Waals surface area contributed by atoms with Gasteiger partial charge in [0, 0.05) is 16.8 Å². The van der Waals surface area contributed by atoms with Crippen LogP contribution in [0.4, 0.5) is 5.69 Å². The minimum absolute atomic E-state index is 0.0354. The molecule has 3 aromatic carbocycles. The van der Waals surface area contributed by atoms with E-state index in [2.05, 4.69) is 20.8 Å². The van der Waals surface area contributed by atoms with E-state index < -0.39 is 17.7 Å². The topological polar surface area (TPSA) is 76.1 Å². The van der Waals surface area contributed by atoms with E-state index in [0.717, 1.165) is 22.4 Å². The lowest BCUT2D eigenvalue weighted by Gasteiger charge is -2.27. The summed E-state index contributed by atoms with van der Waals surface area (Å²) in [7, 11) is 1.56. The first kappa shape index (κ1) is 27.0. The Morgan fingerprint density at radius 1 is 1.00 bits per heavy atom. The molecule has 1 aliphatic heterocycles. The molecule has 1 heterocycles. The first-order valence-corrected chi connectivity index (χ1v) is 12.8.